The van der Waals surface area contributed by atoms with Crippen LogP contribution in [0, 0.1) is 6.92 Å². The van der Waals surface area contributed by atoms with Gasteiger partial charge in [-0.15, -0.1) is 0 Å². The van der Waals surface area contributed by atoms with E-state index < -0.39 is 0 Å². The van der Waals surface area contributed by atoms with Crippen LogP contribution in [0.5, 0.6) is 0 Å². The lowest BCUT2D eigenvalue weighted by molar-refractivity contribution is 0.772. The van der Waals surface area contributed by atoms with Gasteiger partial charge in [0.2, 0.25) is 0 Å². The summed E-state index contributed by atoms with van der Waals surface area (Å²) < 4.78 is 3.65. The van der Waals surface area contributed by atoms with Crippen molar-refractivity contribution in [2.75, 3.05) is 0 Å². The Balaban J connectivity index is 2.27. The summed E-state index contributed by atoms with van der Waals surface area (Å²) in [4.78, 5) is 4.46. The van der Waals surface area contributed by atoms with Crippen molar-refractivity contribution in [3.8, 4) is 11.3 Å². The SMILES string of the molecule is Cc1nn(C)c2ncc(-c3ccnn3C)cc12. The first-order valence-corrected chi connectivity index (χ1v) is 5.44. The summed E-state index contributed by atoms with van der Waals surface area (Å²) in [7, 11) is 3.84. The molecule has 0 fully saturated rings. The van der Waals surface area contributed by atoms with E-state index in [0.29, 0.717) is 0 Å². The standard InChI is InChI=1S/C12H13N5/c1-8-10-6-9(11-4-5-14-16(11)2)7-13-12(10)17(3)15-8/h4-7H,1-3H3. The molecule has 0 saturated carbocycles. The Kier molecular flexibility index (Phi) is 2.01. The second-order valence-corrected chi connectivity index (χ2v) is 4.14. The van der Waals surface area contributed by atoms with Gasteiger partial charge < -0.3 is 0 Å². The Labute approximate surface area is 98.7 Å². The maximum Gasteiger partial charge on any atom is 0.157 e. The summed E-state index contributed by atoms with van der Waals surface area (Å²) in [5.74, 6) is 0. The number of rotatable bonds is 1. The molecule has 0 N–H and O–H groups in total. The van der Waals surface area contributed by atoms with Gasteiger partial charge >= 0.3 is 0 Å². The van der Waals surface area contributed by atoms with E-state index in [9.17, 15) is 0 Å². The summed E-state index contributed by atoms with van der Waals surface area (Å²) in [6.45, 7) is 2.00. The van der Waals surface area contributed by atoms with E-state index in [1.54, 1.807) is 10.9 Å². The molecule has 3 heterocycles. The molecule has 17 heavy (non-hydrogen) atoms. The minimum atomic E-state index is 0.911. The maximum absolute atomic E-state index is 4.46. The fourth-order valence-corrected chi connectivity index (χ4v) is 2.11. The highest BCUT2D eigenvalue weighted by Gasteiger charge is 2.09. The van der Waals surface area contributed by atoms with Crippen molar-refractivity contribution in [2.24, 2.45) is 14.1 Å². The number of aryl methyl sites for hydroxylation is 3. The third kappa shape index (κ3) is 1.43. The molecule has 0 atom stereocenters. The molecule has 0 saturated heterocycles. The van der Waals surface area contributed by atoms with Gasteiger partial charge in [0.1, 0.15) is 0 Å². The maximum atomic E-state index is 4.46. The van der Waals surface area contributed by atoms with Gasteiger partial charge in [0.05, 0.1) is 11.4 Å². The van der Waals surface area contributed by atoms with Crippen molar-refractivity contribution < 1.29 is 0 Å². The second kappa shape index (κ2) is 3.41. The Bertz CT molecular complexity index is 692. The van der Waals surface area contributed by atoms with E-state index in [4.69, 9.17) is 0 Å². The van der Waals surface area contributed by atoms with Crippen molar-refractivity contribution in [1.29, 1.82) is 0 Å². The zero-order valence-corrected chi connectivity index (χ0v) is 10.0. The number of nitrogens with zero attached hydrogens (tertiary/aromatic N) is 5. The van der Waals surface area contributed by atoms with E-state index in [-0.39, 0.29) is 0 Å². The molecule has 3 rings (SSSR count). The average Bonchev–Trinajstić information content (AvgIpc) is 2.84. The number of hydrogen-bond donors (Lipinski definition) is 0. The van der Waals surface area contributed by atoms with Crippen LogP contribution in [0.15, 0.2) is 24.5 Å². The first-order chi connectivity index (χ1) is 8.16. The Morgan fingerprint density at radius 3 is 2.71 bits per heavy atom. The number of pyridine rings is 1. The van der Waals surface area contributed by atoms with Crippen LogP contribution < -0.4 is 0 Å². The molecule has 0 aliphatic carbocycles. The lowest BCUT2D eigenvalue weighted by Gasteiger charge is -2.02. The van der Waals surface area contributed by atoms with Gasteiger partial charge in [-0.1, -0.05) is 0 Å². The van der Waals surface area contributed by atoms with E-state index in [0.717, 1.165) is 28.0 Å². The van der Waals surface area contributed by atoms with Crippen molar-refractivity contribution in [3.05, 3.63) is 30.2 Å². The predicted molar refractivity (Wildman–Crippen MR) is 65.4 cm³/mol. The first-order valence-electron chi connectivity index (χ1n) is 5.44. The molecule has 0 radical (unpaired) electrons. The molecule has 86 valence electrons. The summed E-state index contributed by atoms with van der Waals surface area (Å²) in [5, 5.41) is 9.62. The van der Waals surface area contributed by atoms with Crippen molar-refractivity contribution in [3.63, 3.8) is 0 Å². The zero-order chi connectivity index (χ0) is 12.0. The molecule has 0 unspecified atom stereocenters. The van der Waals surface area contributed by atoms with Crippen molar-refractivity contribution in [2.45, 2.75) is 6.92 Å². The molecule has 0 aromatic carbocycles. The third-order valence-corrected chi connectivity index (χ3v) is 2.98. The van der Waals surface area contributed by atoms with Gasteiger partial charge in [-0.05, 0) is 19.1 Å². The topological polar surface area (TPSA) is 48.5 Å². The number of aromatic nitrogens is 5. The van der Waals surface area contributed by atoms with Crippen LogP contribution in [0.3, 0.4) is 0 Å². The van der Waals surface area contributed by atoms with Crippen LogP contribution >= 0.6 is 0 Å². The van der Waals surface area contributed by atoms with Gasteiger partial charge in [-0.3, -0.25) is 9.36 Å². The van der Waals surface area contributed by atoms with Crippen LogP contribution in [0.25, 0.3) is 22.3 Å². The smallest absolute Gasteiger partial charge is 0.157 e. The molecule has 3 aromatic rings. The summed E-state index contributed by atoms with van der Waals surface area (Å²) in [6.07, 6.45) is 3.65. The number of hydrogen-bond acceptors (Lipinski definition) is 3. The second-order valence-electron chi connectivity index (χ2n) is 4.14. The normalized spacial score (nSPS) is 11.2. The molecule has 0 bridgehead atoms. The monoisotopic (exact) mass is 227 g/mol. The molecule has 3 aromatic heterocycles. The Morgan fingerprint density at radius 1 is 1.18 bits per heavy atom. The summed E-state index contributed by atoms with van der Waals surface area (Å²) in [6, 6.07) is 4.09. The van der Waals surface area contributed by atoms with E-state index in [1.807, 2.05) is 38.0 Å². The van der Waals surface area contributed by atoms with Crippen LogP contribution in [0.4, 0.5) is 0 Å². The molecule has 5 nitrogen and oxygen atoms in total. The number of fused-ring (bicyclic) bond motifs is 1. The van der Waals surface area contributed by atoms with Crippen LogP contribution in [-0.2, 0) is 14.1 Å². The molecular formula is C12H13N5. The van der Waals surface area contributed by atoms with E-state index in [2.05, 4.69) is 21.2 Å². The molecule has 0 aliphatic heterocycles. The molecular weight excluding hydrogens is 214 g/mol. The molecule has 5 heteroatoms. The quantitative estimate of drug-likeness (QED) is 0.635. The summed E-state index contributed by atoms with van der Waals surface area (Å²) >= 11 is 0. The van der Waals surface area contributed by atoms with Gasteiger partial charge in [0, 0.05) is 37.4 Å². The minimum absolute atomic E-state index is 0.911. The van der Waals surface area contributed by atoms with Crippen molar-refractivity contribution in [1.82, 2.24) is 24.5 Å². The fourth-order valence-electron chi connectivity index (χ4n) is 2.11. The largest absolute Gasteiger partial charge is 0.268 e. The lowest BCUT2D eigenvalue weighted by Crippen LogP contribution is -1.95. The van der Waals surface area contributed by atoms with Gasteiger partial charge in [-0.25, -0.2) is 4.98 Å². The minimum Gasteiger partial charge on any atom is -0.268 e. The first kappa shape index (κ1) is 10.0. The van der Waals surface area contributed by atoms with Crippen molar-refractivity contribution >= 4 is 11.0 Å². The Morgan fingerprint density at radius 2 is 2.00 bits per heavy atom. The third-order valence-electron chi connectivity index (χ3n) is 2.98. The van der Waals surface area contributed by atoms with Crippen LogP contribution in [0.1, 0.15) is 5.69 Å². The Hall–Kier alpha value is -2.17. The molecule has 0 spiro atoms. The van der Waals surface area contributed by atoms with Gasteiger partial charge in [-0.2, -0.15) is 10.2 Å². The molecule has 0 aliphatic rings. The van der Waals surface area contributed by atoms with Crippen LogP contribution in [-0.4, -0.2) is 24.5 Å². The summed E-state index contributed by atoms with van der Waals surface area (Å²) in [5.41, 5.74) is 4.03. The highest BCUT2D eigenvalue weighted by molar-refractivity contribution is 5.82. The van der Waals surface area contributed by atoms with Gasteiger partial charge in [0.15, 0.2) is 5.65 Å². The van der Waals surface area contributed by atoms with E-state index in [1.165, 1.54) is 0 Å². The highest BCUT2D eigenvalue weighted by atomic mass is 15.3. The molecule has 0 amide bonds. The predicted octanol–water partition coefficient (Wildman–Crippen LogP) is 1.68. The van der Waals surface area contributed by atoms with Crippen LogP contribution in [0.2, 0.25) is 0 Å². The highest BCUT2D eigenvalue weighted by Crippen LogP contribution is 2.23. The van der Waals surface area contributed by atoms with Gasteiger partial charge in [0.25, 0.3) is 0 Å². The average molecular weight is 227 g/mol. The zero-order valence-electron chi connectivity index (χ0n) is 10.0. The lowest BCUT2D eigenvalue weighted by atomic mass is 10.1. The van der Waals surface area contributed by atoms with E-state index >= 15 is 0 Å². The fraction of sp³-hybridized carbons (Fsp3) is 0.250.